The first kappa shape index (κ1) is 17.9. The van der Waals surface area contributed by atoms with Crippen molar-refractivity contribution in [3.05, 3.63) is 29.8 Å². The molecule has 0 radical (unpaired) electrons. The third-order valence-electron chi connectivity index (χ3n) is 4.01. The number of hydrogen-bond acceptors (Lipinski definition) is 4. The zero-order chi connectivity index (χ0) is 16.7. The molecule has 0 saturated carbocycles. The topological polar surface area (TPSA) is 87.3 Å². The second-order valence-electron chi connectivity index (χ2n) is 6.07. The van der Waals surface area contributed by atoms with Gasteiger partial charge in [0, 0.05) is 18.7 Å². The van der Waals surface area contributed by atoms with Crippen molar-refractivity contribution in [1.29, 1.82) is 0 Å². The van der Waals surface area contributed by atoms with E-state index in [4.69, 9.17) is 0 Å². The molecule has 7 heteroatoms. The summed E-state index contributed by atoms with van der Waals surface area (Å²) in [4.78, 5) is 12.0. The zero-order valence-corrected chi connectivity index (χ0v) is 14.3. The van der Waals surface area contributed by atoms with E-state index in [0.717, 1.165) is 49.9 Å². The van der Waals surface area contributed by atoms with E-state index in [2.05, 4.69) is 15.4 Å². The normalized spacial score (nSPS) is 16.2. The summed E-state index contributed by atoms with van der Waals surface area (Å²) < 4.78 is 24.5. The highest BCUT2D eigenvalue weighted by atomic mass is 32.2. The van der Waals surface area contributed by atoms with Gasteiger partial charge in [-0.2, -0.15) is 0 Å². The predicted octanol–water partition coefficient (Wildman–Crippen LogP) is 1.45. The van der Waals surface area contributed by atoms with Crippen LogP contribution >= 0.6 is 0 Å². The van der Waals surface area contributed by atoms with Gasteiger partial charge >= 0.3 is 0 Å². The van der Waals surface area contributed by atoms with Gasteiger partial charge in [0.15, 0.2) is 0 Å². The number of anilines is 1. The molecular weight excluding hydrogens is 314 g/mol. The van der Waals surface area contributed by atoms with Crippen molar-refractivity contribution in [2.75, 3.05) is 24.7 Å². The van der Waals surface area contributed by atoms with Crippen LogP contribution in [0.1, 0.15) is 31.2 Å². The maximum Gasteiger partial charge on any atom is 0.224 e. The Hall–Kier alpha value is -1.44. The maximum atomic E-state index is 12.0. The molecule has 3 N–H and O–H groups in total. The number of carbonyl (C=O) groups is 1. The summed E-state index contributed by atoms with van der Waals surface area (Å²) in [7, 11) is -3.19. The molecule has 1 aliphatic heterocycles. The summed E-state index contributed by atoms with van der Waals surface area (Å²) in [6.07, 6.45) is 4.90. The van der Waals surface area contributed by atoms with Crippen molar-refractivity contribution in [3.63, 3.8) is 0 Å². The Labute approximate surface area is 138 Å². The van der Waals surface area contributed by atoms with Crippen molar-refractivity contribution in [1.82, 2.24) is 10.0 Å². The Balaban J connectivity index is 1.75. The lowest BCUT2D eigenvalue weighted by molar-refractivity contribution is -0.116. The van der Waals surface area contributed by atoms with Crippen LogP contribution in [0.15, 0.2) is 24.3 Å². The van der Waals surface area contributed by atoms with Crippen LogP contribution in [0.3, 0.4) is 0 Å². The fraction of sp³-hybridized carbons (Fsp3) is 0.562. The lowest BCUT2D eigenvalue weighted by atomic mass is 9.93. The molecule has 1 heterocycles. The molecule has 6 nitrogen and oxygen atoms in total. The van der Waals surface area contributed by atoms with Crippen LogP contribution in [0, 0.1) is 5.92 Å². The van der Waals surface area contributed by atoms with Crippen molar-refractivity contribution < 1.29 is 13.2 Å². The van der Waals surface area contributed by atoms with Crippen LogP contribution < -0.4 is 15.4 Å². The van der Waals surface area contributed by atoms with Gasteiger partial charge < -0.3 is 10.6 Å². The van der Waals surface area contributed by atoms with Gasteiger partial charge in [-0.3, -0.25) is 4.79 Å². The number of hydrogen-bond donors (Lipinski definition) is 3. The van der Waals surface area contributed by atoms with Gasteiger partial charge in [0.1, 0.15) is 0 Å². The molecule has 1 saturated heterocycles. The van der Waals surface area contributed by atoms with E-state index < -0.39 is 10.0 Å². The molecule has 1 aromatic carbocycles. The monoisotopic (exact) mass is 339 g/mol. The van der Waals surface area contributed by atoms with Crippen LogP contribution in [0.25, 0.3) is 0 Å². The summed E-state index contributed by atoms with van der Waals surface area (Å²) >= 11 is 0. The fourth-order valence-electron chi connectivity index (χ4n) is 2.65. The first-order valence-corrected chi connectivity index (χ1v) is 9.86. The van der Waals surface area contributed by atoms with Gasteiger partial charge in [-0.05, 0) is 56.0 Å². The Kier molecular flexibility index (Phi) is 6.56. The number of piperidine rings is 1. The summed E-state index contributed by atoms with van der Waals surface area (Å²) in [6, 6.07) is 7.20. The van der Waals surface area contributed by atoms with Crippen LogP contribution in [-0.2, 0) is 21.4 Å². The molecule has 0 aromatic heterocycles. The number of nitrogens with one attached hydrogen (secondary N) is 3. The average molecular weight is 339 g/mol. The van der Waals surface area contributed by atoms with E-state index in [9.17, 15) is 13.2 Å². The second-order valence-corrected chi connectivity index (χ2v) is 7.90. The van der Waals surface area contributed by atoms with Gasteiger partial charge in [0.2, 0.25) is 15.9 Å². The number of carbonyl (C=O) groups excluding carboxylic acids is 1. The van der Waals surface area contributed by atoms with Crippen LogP contribution in [0.4, 0.5) is 5.69 Å². The van der Waals surface area contributed by atoms with Crippen LogP contribution in [0.2, 0.25) is 0 Å². The molecule has 23 heavy (non-hydrogen) atoms. The quantitative estimate of drug-likeness (QED) is 0.702. The molecule has 0 aliphatic carbocycles. The second kappa shape index (κ2) is 8.42. The molecule has 0 atom stereocenters. The summed E-state index contributed by atoms with van der Waals surface area (Å²) in [5.41, 5.74) is 1.59. The van der Waals surface area contributed by atoms with Gasteiger partial charge in [0.05, 0.1) is 6.26 Å². The molecule has 128 valence electrons. The molecule has 0 bridgehead atoms. The van der Waals surface area contributed by atoms with E-state index in [1.807, 2.05) is 0 Å². The Morgan fingerprint density at radius 3 is 2.48 bits per heavy atom. The van der Waals surface area contributed by atoms with Crippen molar-refractivity contribution in [3.8, 4) is 0 Å². The lowest BCUT2D eigenvalue weighted by Crippen LogP contribution is -2.28. The summed E-state index contributed by atoms with van der Waals surface area (Å²) in [5, 5.41) is 6.21. The van der Waals surface area contributed by atoms with Gasteiger partial charge in [-0.1, -0.05) is 12.1 Å². The maximum absolute atomic E-state index is 12.0. The standard InChI is InChI=1S/C16H25N3O3S/c1-23(21,22)18-12-14-2-5-15(6-3-14)19-16(20)7-4-13-8-10-17-11-9-13/h2-3,5-6,13,17-18H,4,7-12H2,1H3,(H,19,20). The van der Waals surface area contributed by atoms with E-state index in [1.165, 1.54) is 0 Å². The number of benzene rings is 1. The predicted molar refractivity (Wildman–Crippen MR) is 91.6 cm³/mol. The summed E-state index contributed by atoms with van der Waals surface area (Å²) in [6.45, 7) is 2.35. The van der Waals surface area contributed by atoms with Crippen LogP contribution in [0.5, 0.6) is 0 Å². The minimum atomic E-state index is -3.19. The summed E-state index contributed by atoms with van der Waals surface area (Å²) in [5.74, 6) is 0.678. The van der Waals surface area contributed by atoms with Gasteiger partial charge in [0.25, 0.3) is 0 Å². The minimum Gasteiger partial charge on any atom is -0.326 e. The Morgan fingerprint density at radius 2 is 1.87 bits per heavy atom. The van der Waals surface area contributed by atoms with E-state index in [0.29, 0.717) is 12.3 Å². The Bertz CT molecular complexity index is 608. The third-order valence-corrected chi connectivity index (χ3v) is 4.68. The third kappa shape index (κ3) is 7.11. The first-order valence-electron chi connectivity index (χ1n) is 7.96. The number of rotatable bonds is 7. The molecule has 0 spiro atoms. The van der Waals surface area contributed by atoms with Crippen LogP contribution in [-0.4, -0.2) is 33.7 Å². The molecule has 0 unspecified atom stereocenters. The number of amides is 1. The Morgan fingerprint density at radius 1 is 1.22 bits per heavy atom. The zero-order valence-electron chi connectivity index (χ0n) is 13.5. The van der Waals surface area contributed by atoms with Gasteiger partial charge in [-0.15, -0.1) is 0 Å². The van der Waals surface area contributed by atoms with E-state index >= 15 is 0 Å². The minimum absolute atomic E-state index is 0.0329. The largest absolute Gasteiger partial charge is 0.326 e. The van der Waals surface area contributed by atoms with Crippen molar-refractivity contribution >= 4 is 21.6 Å². The smallest absolute Gasteiger partial charge is 0.224 e. The average Bonchev–Trinajstić information content (AvgIpc) is 2.53. The lowest BCUT2D eigenvalue weighted by Gasteiger charge is -2.22. The molecule has 1 fully saturated rings. The van der Waals surface area contributed by atoms with Crippen molar-refractivity contribution in [2.24, 2.45) is 5.92 Å². The highest BCUT2D eigenvalue weighted by Gasteiger charge is 2.14. The molecule has 1 aromatic rings. The fourth-order valence-corrected chi connectivity index (χ4v) is 3.08. The number of sulfonamides is 1. The first-order chi connectivity index (χ1) is 10.9. The molecular formula is C16H25N3O3S. The highest BCUT2D eigenvalue weighted by Crippen LogP contribution is 2.18. The van der Waals surface area contributed by atoms with E-state index in [-0.39, 0.29) is 12.5 Å². The highest BCUT2D eigenvalue weighted by molar-refractivity contribution is 7.88. The molecule has 1 aliphatic rings. The molecule has 1 amide bonds. The van der Waals surface area contributed by atoms with E-state index in [1.54, 1.807) is 24.3 Å². The van der Waals surface area contributed by atoms with Gasteiger partial charge in [-0.25, -0.2) is 13.1 Å². The molecule has 2 rings (SSSR count). The SMILES string of the molecule is CS(=O)(=O)NCc1ccc(NC(=O)CCC2CCNCC2)cc1. The van der Waals surface area contributed by atoms with Crippen molar-refractivity contribution in [2.45, 2.75) is 32.2 Å².